The standard InChI is InChI=1S/C20H19BrN4/c1-13-11-19(25-14(2)12-15-5-3-4-6-18(15)25)24-20(22-13)23-17-9-7-16(21)8-10-17/h3-11,14H,12H2,1-2H3,(H,22,23,24). The number of nitrogens with zero attached hydrogens (tertiary/aromatic N) is 3. The average Bonchev–Trinajstić information content (AvgIpc) is 2.92. The lowest BCUT2D eigenvalue weighted by atomic mass is 10.1. The first-order valence-electron chi connectivity index (χ1n) is 8.35. The Morgan fingerprint density at radius 3 is 2.64 bits per heavy atom. The van der Waals surface area contributed by atoms with Crippen molar-refractivity contribution in [1.29, 1.82) is 0 Å². The van der Waals surface area contributed by atoms with Gasteiger partial charge in [0, 0.05) is 33.6 Å². The van der Waals surface area contributed by atoms with Crippen molar-refractivity contribution in [2.75, 3.05) is 10.2 Å². The third-order valence-electron chi connectivity index (χ3n) is 4.40. The number of para-hydroxylation sites is 1. The van der Waals surface area contributed by atoms with Crippen LogP contribution >= 0.6 is 15.9 Å². The highest BCUT2D eigenvalue weighted by molar-refractivity contribution is 9.10. The molecular formula is C20H19BrN4. The number of fused-ring (bicyclic) bond motifs is 1. The van der Waals surface area contributed by atoms with Crippen molar-refractivity contribution < 1.29 is 0 Å². The molecule has 2 heterocycles. The summed E-state index contributed by atoms with van der Waals surface area (Å²) in [4.78, 5) is 11.6. The molecule has 126 valence electrons. The van der Waals surface area contributed by atoms with Crippen LogP contribution in [0, 0.1) is 6.92 Å². The van der Waals surface area contributed by atoms with Crippen LogP contribution in [0.5, 0.6) is 0 Å². The largest absolute Gasteiger partial charge is 0.324 e. The summed E-state index contributed by atoms with van der Waals surface area (Å²) in [5.41, 5.74) is 4.52. The van der Waals surface area contributed by atoms with Crippen molar-refractivity contribution in [3.05, 3.63) is 70.3 Å². The van der Waals surface area contributed by atoms with Crippen molar-refractivity contribution in [2.45, 2.75) is 26.3 Å². The quantitative estimate of drug-likeness (QED) is 0.647. The molecule has 0 fully saturated rings. The summed E-state index contributed by atoms with van der Waals surface area (Å²) in [7, 11) is 0. The zero-order valence-electron chi connectivity index (χ0n) is 14.2. The van der Waals surface area contributed by atoms with Gasteiger partial charge in [-0.15, -0.1) is 0 Å². The topological polar surface area (TPSA) is 41.1 Å². The fourth-order valence-electron chi connectivity index (χ4n) is 3.31. The zero-order chi connectivity index (χ0) is 17.4. The molecule has 0 spiro atoms. The van der Waals surface area contributed by atoms with Gasteiger partial charge < -0.3 is 10.2 Å². The molecule has 0 amide bonds. The smallest absolute Gasteiger partial charge is 0.229 e. The van der Waals surface area contributed by atoms with E-state index in [1.54, 1.807) is 0 Å². The van der Waals surface area contributed by atoms with Gasteiger partial charge in [-0.1, -0.05) is 34.1 Å². The van der Waals surface area contributed by atoms with E-state index in [1.165, 1.54) is 11.3 Å². The fourth-order valence-corrected chi connectivity index (χ4v) is 3.57. The summed E-state index contributed by atoms with van der Waals surface area (Å²) in [6, 6.07) is 19.0. The van der Waals surface area contributed by atoms with Crippen LogP contribution in [0.3, 0.4) is 0 Å². The monoisotopic (exact) mass is 394 g/mol. The van der Waals surface area contributed by atoms with E-state index >= 15 is 0 Å². The van der Waals surface area contributed by atoms with Gasteiger partial charge in [0.2, 0.25) is 5.95 Å². The third-order valence-corrected chi connectivity index (χ3v) is 4.92. The van der Waals surface area contributed by atoms with E-state index in [0.717, 1.165) is 28.1 Å². The number of anilines is 4. The number of halogens is 1. The summed E-state index contributed by atoms with van der Waals surface area (Å²) >= 11 is 3.46. The van der Waals surface area contributed by atoms with Crippen molar-refractivity contribution in [3.8, 4) is 0 Å². The Kier molecular flexibility index (Phi) is 4.17. The van der Waals surface area contributed by atoms with E-state index in [0.29, 0.717) is 12.0 Å². The van der Waals surface area contributed by atoms with E-state index < -0.39 is 0 Å². The average molecular weight is 395 g/mol. The Hall–Kier alpha value is -2.40. The van der Waals surface area contributed by atoms with Gasteiger partial charge >= 0.3 is 0 Å². The maximum atomic E-state index is 4.77. The van der Waals surface area contributed by atoms with Gasteiger partial charge in [0.1, 0.15) is 5.82 Å². The van der Waals surface area contributed by atoms with Crippen LogP contribution in [0.2, 0.25) is 0 Å². The minimum absolute atomic E-state index is 0.382. The Bertz CT molecular complexity index is 908. The van der Waals surface area contributed by atoms with E-state index in [2.05, 4.69) is 62.3 Å². The van der Waals surface area contributed by atoms with Gasteiger partial charge in [0.15, 0.2) is 0 Å². The summed E-state index contributed by atoms with van der Waals surface area (Å²) in [6.07, 6.45) is 1.04. The molecule has 4 rings (SSSR count). The van der Waals surface area contributed by atoms with Crippen LogP contribution in [0.25, 0.3) is 0 Å². The first kappa shape index (κ1) is 16.1. The lowest BCUT2D eigenvalue weighted by Gasteiger charge is -2.24. The Morgan fingerprint density at radius 2 is 1.84 bits per heavy atom. The van der Waals surface area contributed by atoms with E-state index in [4.69, 9.17) is 4.98 Å². The first-order valence-corrected chi connectivity index (χ1v) is 9.15. The molecule has 0 radical (unpaired) electrons. The molecule has 2 aromatic carbocycles. The van der Waals surface area contributed by atoms with Gasteiger partial charge in [-0.2, -0.15) is 4.98 Å². The molecular weight excluding hydrogens is 376 g/mol. The van der Waals surface area contributed by atoms with Gasteiger partial charge in [0.05, 0.1) is 0 Å². The molecule has 5 heteroatoms. The zero-order valence-corrected chi connectivity index (χ0v) is 15.8. The summed E-state index contributed by atoms with van der Waals surface area (Å²) in [5.74, 6) is 1.55. The first-order chi connectivity index (χ1) is 12.1. The Labute approximate surface area is 156 Å². The van der Waals surface area contributed by atoms with Crippen molar-refractivity contribution in [1.82, 2.24) is 9.97 Å². The van der Waals surface area contributed by atoms with Gasteiger partial charge in [-0.3, -0.25) is 0 Å². The molecule has 1 aromatic heterocycles. The lowest BCUT2D eigenvalue weighted by Crippen LogP contribution is -2.25. The van der Waals surface area contributed by atoms with Crippen LogP contribution in [0.15, 0.2) is 59.1 Å². The molecule has 0 aliphatic carbocycles. The molecule has 1 unspecified atom stereocenters. The lowest BCUT2D eigenvalue weighted by molar-refractivity contribution is 0.749. The van der Waals surface area contributed by atoms with Crippen molar-refractivity contribution in [3.63, 3.8) is 0 Å². The Morgan fingerprint density at radius 1 is 1.08 bits per heavy atom. The Balaban J connectivity index is 1.69. The van der Waals surface area contributed by atoms with Crippen molar-refractivity contribution >= 4 is 39.1 Å². The van der Waals surface area contributed by atoms with Crippen molar-refractivity contribution in [2.24, 2.45) is 0 Å². The highest BCUT2D eigenvalue weighted by atomic mass is 79.9. The SMILES string of the molecule is Cc1cc(N2c3ccccc3CC2C)nc(Nc2ccc(Br)cc2)n1. The van der Waals surface area contributed by atoms with Gasteiger partial charge in [-0.25, -0.2) is 4.98 Å². The molecule has 0 saturated heterocycles. The molecule has 25 heavy (non-hydrogen) atoms. The molecule has 1 N–H and O–H groups in total. The number of hydrogen-bond acceptors (Lipinski definition) is 4. The number of aromatic nitrogens is 2. The predicted octanol–water partition coefficient (Wildman–Crippen LogP) is 5.37. The van der Waals surface area contributed by atoms with Crippen LogP contribution in [0.1, 0.15) is 18.2 Å². The van der Waals surface area contributed by atoms with E-state index in [-0.39, 0.29) is 0 Å². The second kappa shape index (κ2) is 6.48. The van der Waals surface area contributed by atoms with Crippen LogP contribution in [-0.2, 0) is 6.42 Å². The van der Waals surface area contributed by atoms with E-state index in [9.17, 15) is 0 Å². The third kappa shape index (κ3) is 3.24. The molecule has 1 aliphatic heterocycles. The maximum Gasteiger partial charge on any atom is 0.229 e. The molecule has 0 bridgehead atoms. The maximum absolute atomic E-state index is 4.77. The number of aryl methyl sites for hydroxylation is 1. The summed E-state index contributed by atoms with van der Waals surface area (Å²) in [5, 5.41) is 3.30. The highest BCUT2D eigenvalue weighted by Crippen LogP contribution is 2.37. The summed E-state index contributed by atoms with van der Waals surface area (Å²) in [6.45, 7) is 4.24. The van der Waals surface area contributed by atoms with E-state index in [1.807, 2.05) is 37.3 Å². The second-order valence-corrected chi connectivity index (χ2v) is 7.29. The highest BCUT2D eigenvalue weighted by Gasteiger charge is 2.28. The molecule has 1 aliphatic rings. The molecule has 1 atom stereocenters. The molecule has 0 saturated carbocycles. The normalized spacial score (nSPS) is 16.0. The number of rotatable bonds is 3. The molecule has 3 aromatic rings. The molecule has 4 nitrogen and oxygen atoms in total. The number of hydrogen-bond donors (Lipinski definition) is 1. The summed E-state index contributed by atoms with van der Waals surface area (Å²) < 4.78 is 1.05. The minimum atomic E-state index is 0.382. The predicted molar refractivity (Wildman–Crippen MR) is 106 cm³/mol. The van der Waals surface area contributed by atoms with Gasteiger partial charge in [-0.05, 0) is 56.2 Å². The van der Waals surface area contributed by atoms with Crippen LogP contribution in [-0.4, -0.2) is 16.0 Å². The minimum Gasteiger partial charge on any atom is -0.324 e. The number of nitrogens with one attached hydrogen (secondary N) is 1. The number of benzene rings is 2. The fraction of sp³-hybridized carbons (Fsp3) is 0.200. The second-order valence-electron chi connectivity index (χ2n) is 6.37. The van der Waals surface area contributed by atoms with Crippen LogP contribution in [0.4, 0.5) is 23.1 Å². The van der Waals surface area contributed by atoms with Crippen LogP contribution < -0.4 is 10.2 Å². The van der Waals surface area contributed by atoms with Gasteiger partial charge in [0.25, 0.3) is 0 Å².